The van der Waals surface area contributed by atoms with Crippen LogP contribution in [-0.2, 0) is 11.8 Å². The van der Waals surface area contributed by atoms with Gasteiger partial charge in [-0.15, -0.1) is 0 Å². The van der Waals surface area contributed by atoms with Gasteiger partial charge in [0, 0.05) is 19.3 Å². The van der Waals surface area contributed by atoms with Crippen LogP contribution >= 0.6 is 0 Å². The molecule has 1 amide bonds. The Morgan fingerprint density at radius 3 is 2.69 bits per heavy atom. The van der Waals surface area contributed by atoms with E-state index in [0.717, 1.165) is 5.69 Å². The van der Waals surface area contributed by atoms with Gasteiger partial charge in [0.1, 0.15) is 17.2 Å². The second kappa shape index (κ2) is 6.44. The second-order valence-electron chi connectivity index (χ2n) is 7.18. The van der Waals surface area contributed by atoms with E-state index in [-0.39, 0.29) is 5.82 Å². The Morgan fingerprint density at radius 2 is 2.08 bits per heavy atom. The van der Waals surface area contributed by atoms with Crippen LogP contribution in [0.1, 0.15) is 39.6 Å². The van der Waals surface area contributed by atoms with Crippen LogP contribution in [0.5, 0.6) is 0 Å². The van der Waals surface area contributed by atoms with E-state index in [4.69, 9.17) is 4.74 Å². The number of imidazole rings is 1. The molecule has 0 radical (unpaired) electrons. The number of nitrogens with zero attached hydrogens (tertiary/aromatic N) is 4. The summed E-state index contributed by atoms with van der Waals surface area (Å²) >= 11 is 0. The maximum Gasteiger partial charge on any atom is 0.408 e. The van der Waals surface area contributed by atoms with E-state index < -0.39 is 17.7 Å². The Labute approximate surface area is 150 Å². The number of aromatic nitrogens is 4. The molecule has 1 aromatic carbocycles. The van der Waals surface area contributed by atoms with Gasteiger partial charge in [-0.25, -0.2) is 14.2 Å². The third kappa shape index (κ3) is 3.68. The summed E-state index contributed by atoms with van der Waals surface area (Å²) in [6.07, 6.45) is 2.92. The number of nitrogens with one attached hydrogen (secondary N) is 1. The summed E-state index contributed by atoms with van der Waals surface area (Å²) in [4.78, 5) is 16.7. The number of alkyl carbamates (subject to hydrolysis) is 1. The minimum atomic E-state index is -0.601. The average molecular weight is 359 g/mol. The maximum absolute atomic E-state index is 13.8. The molecule has 0 aliphatic rings. The van der Waals surface area contributed by atoms with Crippen LogP contribution in [-0.4, -0.2) is 31.0 Å². The lowest BCUT2D eigenvalue weighted by atomic mass is 10.2. The van der Waals surface area contributed by atoms with Crippen molar-refractivity contribution in [2.24, 2.45) is 7.05 Å². The zero-order valence-corrected chi connectivity index (χ0v) is 15.4. The first-order valence-electron chi connectivity index (χ1n) is 8.30. The number of fused-ring (bicyclic) bond motifs is 1. The van der Waals surface area contributed by atoms with Gasteiger partial charge in [0.2, 0.25) is 0 Å². The minimum Gasteiger partial charge on any atom is -0.444 e. The number of rotatable bonds is 3. The van der Waals surface area contributed by atoms with Gasteiger partial charge in [-0.2, -0.15) is 5.10 Å². The first-order chi connectivity index (χ1) is 12.1. The predicted molar refractivity (Wildman–Crippen MR) is 95.6 cm³/mol. The van der Waals surface area contributed by atoms with E-state index in [1.165, 1.54) is 12.1 Å². The van der Waals surface area contributed by atoms with E-state index in [9.17, 15) is 9.18 Å². The molecular weight excluding hydrogens is 337 g/mol. The summed E-state index contributed by atoms with van der Waals surface area (Å²) < 4.78 is 22.5. The van der Waals surface area contributed by atoms with Crippen molar-refractivity contribution in [1.29, 1.82) is 0 Å². The van der Waals surface area contributed by atoms with Gasteiger partial charge in [0.25, 0.3) is 0 Å². The molecule has 0 saturated heterocycles. The van der Waals surface area contributed by atoms with Gasteiger partial charge in [0.05, 0.1) is 29.0 Å². The molecule has 2 heterocycles. The van der Waals surface area contributed by atoms with E-state index in [1.54, 1.807) is 62.5 Å². The van der Waals surface area contributed by atoms with Crippen LogP contribution in [0.4, 0.5) is 9.18 Å². The Bertz CT molecular complexity index is 954. The molecule has 0 spiro atoms. The van der Waals surface area contributed by atoms with Crippen molar-refractivity contribution in [3.8, 4) is 5.69 Å². The van der Waals surface area contributed by atoms with Gasteiger partial charge in [-0.1, -0.05) is 0 Å². The largest absolute Gasteiger partial charge is 0.444 e. The topological polar surface area (TPSA) is 74.0 Å². The van der Waals surface area contributed by atoms with Crippen LogP contribution < -0.4 is 5.32 Å². The predicted octanol–water partition coefficient (Wildman–Crippen LogP) is 3.48. The smallest absolute Gasteiger partial charge is 0.408 e. The first-order valence-corrected chi connectivity index (χ1v) is 8.30. The molecule has 2 aromatic heterocycles. The van der Waals surface area contributed by atoms with Gasteiger partial charge in [0.15, 0.2) is 0 Å². The average Bonchev–Trinajstić information content (AvgIpc) is 3.08. The molecule has 0 unspecified atom stereocenters. The summed E-state index contributed by atoms with van der Waals surface area (Å²) in [5.41, 5.74) is 1.36. The highest BCUT2D eigenvalue weighted by Gasteiger charge is 2.23. The molecule has 0 aliphatic carbocycles. The fraction of sp³-hybridized carbons (Fsp3) is 0.389. The normalized spacial score (nSPS) is 13.0. The standard InChI is InChI=1S/C18H22FN5O2/c1-11(21-17(25)26-18(2,3)4)16-22-14-7-6-12(19)8-15(14)24(16)13-9-20-23(5)10-13/h6-11H,1-5H3,(H,21,25)/t11-/m0/s1. The Hall–Kier alpha value is -2.90. The SMILES string of the molecule is C[C@H](NC(=O)OC(C)(C)C)c1nc2ccc(F)cc2n1-c1cnn(C)c1. The highest BCUT2D eigenvalue weighted by atomic mass is 19.1. The molecular formula is C18H22FN5O2. The lowest BCUT2D eigenvalue weighted by Gasteiger charge is -2.22. The van der Waals surface area contributed by atoms with Gasteiger partial charge in [-0.3, -0.25) is 9.25 Å². The second-order valence-corrected chi connectivity index (χ2v) is 7.18. The summed E-state index contributed by atoms with van der Waals surface area (Å²) in [7, 11) is 1.80. The molecule has 8 heteroatoms. The van der Waals surface area contributed by atoms with Crippen molar-refractivity contribution in [2.75, 3.05) is 0 Å². The van der Waals surface area contributed by atoms with Crippen molar-refractivity contribution in [1.82, 2.24) is 24.6 Å². The van der Waals surface area contributed by atoms with Crippen molar-refractivity contribution >= 4 is 17.1 Å². The molecule has 7 nitrogen and oxygen atoms in total. The lowest BCUT2D eigenvalue weighted by Crippen LogP contribution is -2.34. The number of aryl methyl sites for hydroxylation is 1. The molecule has 0 fully saturated rings. The van der Waals surface area contributed by atoms with E-state index in [0.29, 0.717) is 16.9 Å². The molecule has 0 aliphatic heterocycles. The fourth-order valence-electron chi connectivity index (χ4n) is 2.70. The number of carbonyl (C=O) groups excluding carboxylic acids is 1. The number of benzene rings is 1. The summed E-state index contributed by atoms with van der Waals surface area (Å²) in [6.45, 7) is 7.19. The zero-order chi connectivity index (χ0) is 19.1. The fourth-order valence-corrected chi connectivity index (χ4v) is 2.70. The van der Waals surface area contributed by atoms with Crippen LogP contribution in [0.15, 0.2) is 30.6 Å². The molecule has 138 valence electrons. The maximum atomic E-state index is 13.8. The summed E-state index contributed by atoms with van der Waals surface area (Å²) in [5, 5.41) is 6.95. The Balaban J connectivity index is 2.03. The highest BCUT2D eigenvalue weighted by molar-refractivity contribution is 5.78. The Morgan fingerprint density at radius 1 is 1.35 bits per heavy atom. The molecule has 1 atom stereocenters. The summed E-state index contributed by atoms with van der Waals surface area (Å²) in [5.74, 6) is 0.200. The number of halogens is 1. The lowest BCUT2D eigenvalue weighted by molar-refractivity contribution is 0.0505. The van der Waals surface area contributed by atoms with E-state index in [2.05, 4.69) is 15.4 Å². The van der Waals surface area contributed by atoms with Gasteiger partial charge >= 0.3 is 6.09 Å². The quantitative estimate of drug-likeness (QED) is 0.777. The van der Waals surface area contributed by atoms with Crippen molar-refractivity contribution in [3.63, 3.8) is 0 Å². The zero-order valence-electron chi connectivity index (χ0n) is 15.4. The van der Waals surface area contributed by atoms with Crippen LogP contribution in [0, 0.1) is 5.82 Å². The first kappa shape index (κ1) is 17.9. The molecule has 0 saturated carbocycles. The van der Waals surface area contributed by atoms with Crippen molar-refractivity contribution in [2.45, 2.75) is 39.3 Å². The number of hydrogen-bond donors (Lipinski definition) is 1. The van der Waals surface area contributed by atoms with Crippen LogP contribution in [0.3, 0.4) is 0 Å². The number of ether oxygens (including phenoxy) is 1. The van der Waals surface area contributed by atoms with Crippen molar-refractivity contribution < 1.29 is 13.9 Å². The van der Waals surface area contributed by atoms with Gasteiger partial charge in [-0.05, 0) is 39.8 Å². The number of carbonyl (C=O) groups is 1. The summed E-state index contributed by atoms with van der Waals surface area (Å²) in [6, 6.07) is 3.93. The van der Waals surface area contributed by atoms with Crippen LogP contribution in [0.2, 0.25) is 0 Å². The van der Waals surface area contributed by atoms with E-state index >= 15 is 0 Å². The van der Waals surface area contributed by atoms with Crippen molar-refractivity contribution in [3.05, 3.63) is 42.2 Å². The van der Waals surface area contributed by atoms with Crippen LogP contribution in [0.25, 0.3) is 16.7 Å². The molecule has 3 aromatic rings. The third-order valence-corrected chi connectivity index (χ3v) is 3.71. The minimum absolute atomic E-state index is 0.359. The highest BCUT2D eigenvalue weighted by Crippen LogP contribution is 2.26. The number of hydrogen-bond acceptors (Lipinski definition) is 4. The van der Waals surface area contributed by atoms with E-state index in [1.807, 2.05) is 0 Å². The molecule has 3 rings (SSSR count). The third-order valence-electron chi connectivity index (χ3n) is 3.71. The Kier molecular flexibility index (Phi) is 4.43. The molecule has 0 bridgehead atoms. The van der Waals surface area contributed by atoms with Gasteiger partial charge < -0.3 is 10.1 Å². The monoisotopic (exact) mass is 359 g/mol. The molecule has 1 N–H and O–H groups in total. The molecule has 26 heavy (non-hydrogen) atoms. The number of amides is 1.